The Labute approximate surface area is 98.3 Å². The molecule has 0 saturated carbocycles. The van der Waals surface area contributed by atoms with Crippen LogP contribution in [0.3, 0.4) is 0 Å². The molecule has 0 atom stereocenters. The fraction of sp³-hybridized carbons (Fsp3) is 0.400. The SMILES string of the molecule is Cc1cc(CC(=O)O)c(C(F)F)c(C(F)(F)F)n1. The molecule has 0 amide bonds. The van der Waals surface area contributed by atoms with Crippen LogP contribution in [0.25, 0.3) is 0 Å². The molecule has 0 unspecified atom stereocenters. The third-order valence-electron chi connectivity index (χ3n) is 2.10. The van der Waals surface area contributed by atoms with Crippen molar-refractivity contribution in [3.8, 4) is 0 Å². The first kappa shape index (κ1) is 14.3. The van der Waals surface area contributed by atoms with E-state index in [-0.39, 0.29) is 5.69 Å². The van der Waals surface area contributed by atoms with Crippen LogP contribution in [0.4, 0.5) is 22.0 Å². The fourth-order valence-electron chi connectivity index (χ4n) is 1.52. The van der Waals surface area contributed by atoms with Crippen molar-refractivity contribution in [2.45, 2.75) is 25.9 Å². The average Bonchev–Trinajstić information content (AvgIpc) is 2.13. The second kappa shape index (κ2) is 4.87. The topological polar surface area (TPSA) is 50.2 Å². The number of carbonyl (C=O) groups is 1. The summed E-state index contributed by atoms with van der Waals surface area (Å²) < 4.78 is 63.0. The number of carboxylic acid groups (broad SMARTS) is 1. The Hall–Kier alpha value is -1.73. The first-order chi connectivity index (χ1) is 8.12. The van der Waals surface area contributed by atoms with E-state index < -0.39 is 41.8 Å². The zero-order valence-corrected chi connectivity index (χ0v) is 9.05. The summed E-state index contributed by atoms with van der Waals surface area (Å²) in [6.07, 6.45) is -9.40. The number of aryl methyl sites for hydroxylation is 1. The van der Waals surface area contributed by atoms with Gasteiger partial charge in [0, 0.05) is 5.69 Å². The Morgan fingerprint density at radius 1 is 1.44 bits per heavy atom. The maximum Gasteiger partial charge on any atom is 0.433 e. The van der Waals surface area contributed by atoms with Gasteiger partial charge in [-0.1, -0.05) is 0 Å². The molecule has 1 N–H and O–H groups in total. The standard InChI is InChI=1S/C10H8F5NO2/c1-4-2-5(3-6(17)18)7(9(11)12)8(16-4)10(13,14)15/h2,9H,3H2,1H3,(H,17,18). The van der Waals surface area contributed by atoms with Crippen LogP contribution in [0.5, 0.6) is 0 Å². The molecule has 100 valence electrons. The fourth-order valence-corrected chi connectivity index (χ4v) is 1.52. The molecule has 1 heterocycles. The quantitative estimate of drug-likeness (QED) is 0.858. The molecular formula is C10H8F5NO2. The van der Waals surface area contributed by atoms with Crippen LogP contribution < -0.4 is 0 Å². The number of alkyl halides is 5. The number of aromatic nitrogens is 1. The van der Waals surface area contributed by atoms with Gasteiger partial charge < -0.3 is 5.11 Å². The molecule has 0 aliphatic rings. The summed E-state index contributed by atoms with van der Waals surface area (Å²) in [4.78, 5) is 13.5. The molecule has 0 fully saturated rings. The van der Waals surface area contributed by atoms with Gasteiger partial charge in [0.05, 0.1) is 12.0 Å². The first-order valence-corrected chi connectivity index (χ1v) is 4.70. The normalized spacial score (nSPS) is 11.9. The summed E-state index contributed by atoms with van der Waals surface area (Å²) in [5.41, 5.74) is -3.83. The number of carboxylic acids is 1. The molecule has 0 aliphatic heterocycles. The van der Waals surface area contributed by atoms with Crippen molar-refractivity contribution in [1.82, 2.24) is 4.98 Å². The Morgan fingerprint density at radius 2 is 2.00 bits per heavy atom. The first-order valence-electron chi connectivity index (χ1n) is 4.70. The van der Waals surface area contributed by atoms with Crippen molar-refractivity contribution in [2.24, 2.45) is 0 Å². The maximum atomic E-state index is 12.7. The highest BCUT2D eigenvalue weighted by atomic mass is 19.4. The Balaban J connectivity index is 3.51. The van der Waals surface area contributed by atoms with E-state index in [4.69, 9.17) is 5.11 Å². The predicted octanol–water partition coefficient (Wildman–Crippen LogP) is 2.97. The van der Waals surface area contributed by atoms with Gasteiger partial charge in [-0.3, -0.25) is 4.79 Å². The van der Waals surface area contributed by atoms with Crippen molar-refractivity contribution >= 4 is 5.97 Å². The van der Waals surface area contributed by atoms with Gasteiger partial charge in [0.15, 0.2) is 5.69 Å². The Kier molecular flexibility index (Phi) is 3.88. The van der Waals surface area contributed by atoms with Crippen LogP contribution in [-0.4, -0.2) is 16.1 Å². The van der Waals surface area contributed by atoms with Crippen LogP contribution in [0, 0.1) is 6.92 Å². The zero-order valence-electron chi connectivity index (χ0n) is 9.05. The molecular weight excluding hydrogens is 261 g/mol. The van der Waals surface area contributed by atoms with Crippen LogP contribution in [0.1, 0.15) is 28.9 Å². The molecule has 1 rings (SSSR count). The predicted molar refractivity (Wildman–Crippen MR) is 50.3 cm³/mol. The molecule has 0 saturated heterocycles. The summed E-state index contributed by atoms with van der Waals surface area (Å²) in [6.45, 7) is 1.18. The lowest BCUT2D eigenvalue weighted by molar-refractivity contribution is -0.143. The van der Waals surface area contributed by atoms with Crippen LogP contribution >= 0.6 is 0 Å². The van der Waals surface area contributed by atoms with Crippen LogP contribution in [-0.2, 0) is 17.4 Å². The van der Waals surface area contributed by atoms with Crippen molar-refractivity contribution in [3.05, 3.63) is 28.6 Å². The van der Waals surface area contributed by atoms with Gasteiger partial charge in [-0.05, 0) is 18.6 Å². The van der Waals surface area contributed by atoms with E-state index in [0.29, 0.717) is 0 Å². The highest BCUT2D eigenvalue weighted by molar-refractivity contribution is 5.71. The van der Waals surface area contributed by atoms with Crippen LogP contribution in [0.2, 0.25) is 0 Å². The molecule has 18 heavy (non-hydrogen) atoms. The lowest BCUT2D eigenvalue weighted by Crippen LogP contribution is -2.17. The minimum Gasteiger partial charge on any atom is -0.481 e. The maximum absolute atomic E-state index is 12.7. The molecule has 0 aliphatic carbocycles. The molecule has 1 aromatic rings. The van der Waals surface area contributed by atoms with E-state index >= 15 is 0 Å². The highest BCUT2D eigenvalue weighted by Gasteiger charge is 2.39. The number of hydrogen-bond donors (Lipinski definition) is 1. The summed E-state index contributed by atoms with van der Waals surface area (Å²) in [7, 11) is 0. The van der Waals surface area contributed by atoms with Crippen molar-refractivity contribution in [3.63, 3.8) is 0 Å². The largest absolute Gasteiger partial charge is 0.481 e. The average molecular weight is 269 g/mol. The smallest absolute Gasteiger partial charge is 0.433 e. The minimum absolute atomic E-state index is 0.164. The van der Waals surface area contributed by atoms with Gasteiger partial charge in [-0.2, -0.15) is 13.2 Å². The third-order valence-corrected chi connectivity index (χ3v) is 2.10. The summed E-state index contributed by atoms with van der Waals surface area (Å²) in [6, 6.07) is 0.921. The van der Waals surface area contributed by atoms with Gasteiger partial charge in [0.25, 0.3) is 6.43 Å². The second-order valence-electron chi connectivity index (χ2n) is 3.55. The molecule has 0 radical (unpaired) electrons. The second-order valence-corrected chi connectivity index (χ2v) is 3.55. The monoisotopic (exact) mass is 269 g/mol. The van der Waals surface area contributed by atoms with Gasteiger partial charge >= 0.3 is 12.1 Å². The summed E-state index contributed by atoms with van der Waals surface area (Å²) in [5.74, 6) is -1.49. The van der Waals surface area contributed by atoms with Gasteiger partial charge in [-0.15, -0.1) is 0 Å². The number of aliphatic carboxylic acids is 1. The van der Waals surface area contributed by atoms with E-state index in [1.54, 1.807) is 0 Å². The van der Waals surface area contributed by atoms with Crippen molar-refractivity contribution < 1.29 is 31.9 Å². The van der Waals surface area contributed by atoms with Gasteiger partial charge in [-0.25, -0.2) is 13.8 Å². The number of rotatable bonds is 3. The van der Waals surface area contributed by atoms with E-state index in [1.807, 2.05) is 0 Å². The summed E-state index contributed by atoms with van der Waals surface area (Å²) in [5, 5.41) is 8.51. The van der Waals surface area contributed by atoms with Crippen molar-refractivity contribution in [2.75, 3.05) is 0 Å². The number of nitrogens with zero attached hydrogens (tertiary/aromatic N) is 1. The molecule has 0 spiro atoms. The minimum atomic E-state index is -5.05. The number of halogens is 5. The molecule has 0 aromatic carbocycles. The van der Waals surface area contributed by atoms with E-state index in [1.165, 1.54) is 6.92 Å². The van der Waals surface area contributed by atoms with E-state index in [2.05, 4.69) is 4.98 Å². The Morgan fingerprint density at radius 3 is 2.39 bits per heavy atom. The van der Waals surface area contributed by atoms with Gasteiger partial charge in [0.1, 0.15) is 0 Å². The molecule has 8 heteroatoms. The Bertz CT molecular complexity index is 470. The summed E-state index contributed by atoms with van der Waals surface area (Å²) >= 11 is 0. The molecule has 1 aromatic heterocycles. The lowest BCUT2D eigenvalue weighted by atomic mass is 10.0. The van der Waals surface area contributed by atoms with Crippen LogP contribution in [0.15, 0.2) is 6.07 Å². The lowest BCUT2D eigenvalue weighted by Gasteiger charge is -2.15. The zero-order chi connectivity index (χ0) is 14.1. The number of hydrogen-bond acceptors (Lipinski definition) is 2. The van der Waals surface area contributed by atoms with E-state index in [9.17, 15) is 26.7 Å². The molecule has 3 nitrogen and oxygen atoms in total. The van der Waals surface area contributed by atoms with E-state index in [0.717, 1.165) is 6.07 Å². The number of pyridine rings is 1. The van der Waals surface area contributed by atoms with Gasteiger partial charge in [0.2, 0.25) is 0 Å². The highest BCUT2D eigenvalue weighted by Crippen LogP contribution is 2.37. The van der Waals surface area contributed by atoms with Crippen molar-refractivity contribution in [1.29, 1.82) is 0 Å². The third kappa shape index (κ3) is 3.14. The molecule has 0 bridgehead atoms.